The van der Waals surface area contributed by atoms with Crippen LogP contribution in [0.15, 0.2) is 23.2 Å². The van der Waals surface area contributed by atoms with Crippen LogP contribution in [0.25, 0.3) is 10.9 Å². The molecule has 0 aliphatic rings. The fourth-order valence-electron chi connectivity index (χ4n) is 2.25. The molecule has 0 aliphatic carbocycles. The van der Waals surface area contributed by atoms with Gasteiger partial charge in [-0.2, -0.15) is 5.26 Å². The Morgan fingerprint density at radius 2 is 2.09 bits per heavy atom. The normalized spacial score (nSPS) is 10.7. The zero-order chi connectivity index (χ0) is 16.3. The number of carbonyl (C=O) groups is 1. The Bertz CT molecular complexity index is 763. The Morgan fingerprint density at radius 3 is 2.73 bits per heavy atom. The number of esters is 1. The Morgan fingerprint density at radius 1 is 1.36 bits per heavy atom. The third-order valence-electron chi connectivity index (χ3n) is 3.03. The first-order valence-corrected chi connectivity index (χ1v) is 8.03. The molecule has 2 rings (SSSR count). The van der Waals surface area contributed by atoms with Crippen molar-refractivity contribution < 1.29 is 9.53 Å². The van der Waals surface area contributed by atoms with E-state index >= 15 is 0 Å². The number of pyridine rings is 1. The van der Waals surface area contributed by atoms with Gasteiger partial charge in [-0.3, -0.25) is 4.79 Å². The average Bonchev–Trinajstić information content (AvgIpc) is 2.43. The first kappa shape index (κ1) is 16.3. The minimum absolute atomic E-state index is 0.140. The van der Waals surface area contributed by atoms with Crippen molar-refractivity contribution in [2.75, 3.05) is 5.75 Å². The SMILES string of the molecule is Cc1cc(C)c2nc(SCC(=O)OC(C)C)c(C#N)cc2c1. The number of aromatic nitrogens is 1. The summed E-state index contributed by atoms with van der Waals surface area (Å²) in [7, 11) is 0. The van der Waals surface area contributed by atoms with Crippen LogP contribution in [0, 0.1) is 25.2 Å². The number of thioether (sulfide) groups is 1. The third kappa shape index (κ3) is 3.77. The van der Waals surface area contributed by atoms with Gasteiger partial charge in [0.1, 0.15) is 11.1 Å². The van der Waals surface area contributed by atoms with Crippen LogP contribution in [-0.2, 0) is 9.53 Å². The fraction of sp³-hybridized carbons (Fsp3) is 0.353. The molecule has 0 unspecified atom stereocenters. The van der Waals surface area contributed by atoms with E-state index in [1.54, 1.807) is 0 Å². The van der Waals surface area contributed by atoms with Crippen molar-refractivity contribution in [1.82, 2.24) is 4.98 Å². The maximum absolute atomic E-state index is 11.6. The maximum atomic E-state index is 11.6. The van der Waals surface area contributed by atoms with Crippen LogP contribution >= 0.6 is 11.8 Å². The van der Waals surface area contributed by atoms with Gasteiger partial charge in [0.05, 0.1) is 22.9 Å². The van der Waals surface area contributed by atoms with Crippen molar-refractivity contribution in [2.24, 2.45) is 0 Å². The molecule has 0 spiro atoms. The second-order valence-electron chi connectivity index (χ2n) is 5.43. The zero-order valence-corrected chi connectivity index (χ0v) is 14.0. The summed E-state index contributed by atoms with van der Waals surface area (Å²) in [6, 6.07) is 8.06. The smallest absolute Gasteiger partial charge is 0.316 e. The van der Waals surface area contributed by atoms with Crippen LogP contribution in [0.3, 0.4) is 0 Å². The number of nitrogens with zero attached hydrogens (tertiary/aromatic N) is 2. The molecule has 0 N–H and O–H groups in total. The quantitative estimate of drug-likeness (QED) is 0.635. The van der Waals surface area contributed by atoms with E-state index in [2.05, 4.69) is 17.1 Å². The molecule has 0 aliphatic heterocycles. The third-order valence-corrected chi connectivity index (χ3v) is 4.00. The molecule has 1 aromatic heterocycles. The predicted molar refractivity (Wildman–Crippen MR) is 87.9 cm³/mol. The molecule has 2 aromatic rings. The summed E-state index contributed by atoms with van der Waals surface area (Å²) in [4.78, 5) is 16.2. The predicted octanol–water partition coefficient (Wildman–Crippen LogP) is 3.77. The first-order valence-electron chi connectivity index (χ1n) is 7.05. The van der Waals surface area contributed by atoms with Crippen molar-refractivity contribution in [2.45, 2.75) is 38.8 Å². The molecule has 1 heterocycles. The Labute approximate surface area is 134 Å². The molecular formula is C17H18N2O2S. The van der Waals surface area contributed by atoms with Crippen molar-refractivity contribution in [3.63, 3.8) is 0 Å². The van der Waals surface area contributed by atoms with E-state index in [9.17, 15) is 10.1 Å². The van der Waals surface area contributed by atoms with Gasteiger partial charge < -0.3 is 4.74 Å². The molecule has 22 heavy (non-hydrogen) atoms. The fourth-order valence-corrected chi connectivity index (χ4v) is 2.99. The summed E-state index contributed by atoms with van der Waals surface area (Å²) in [5.74, 6) is -0.151. The lowest BCUT2D eigenvalue weighted by molar-refractivity contribution is -0.144. The second-order valence-corrected chi connectivity index (χ2v) is 6.40. The summed E-state index contributed by atoms with van der Waals surface area (Å²) in [5.41, 5.74) is 3.55. The number of aryl methyl sites for hydroxylation is 2. The standard InChI is InChI=1S/C17H18N2O2S/c1-10(2)21-15(20)9-22-17-14(8-18)7-13-6-11(3)5-12(4)16(13)19-17/h5-7,10H,9H2,1-4H3. The van der Waals surface area contributed by atoms with E-state index in [1.807, 2.05) is 39.8 Å². The molecule has 0 saturated heterocycles. The van der Waals surface area contributed by atoms with Gasteiger partial charge in [-0.05, 0) is 45.4 Å². The highest BCUT2D eigenvalue weighted by Crippen LogP contribution is 2.27. The van der Waals surface area contributed by atoms with Gasteiger partial charge in [-0.1, -0.05) is 23.4 Å². The van der Waals surface area contributed by atoms with Crippen molar-refractivity contribution >= 4 is 28.6 Å². The monoisotopic (exact) mass is 314 g/mol. The molecule has 0 fully saturated rings. The van der Waals surface area contributed by atoms with Crippen LogP contribution in [0.4, 0.5) is 0 Å². The molecule has 0 amide bonds. The molecule has 4 nitrogen and oxygen atoms in total. The van der Waals surface area contributed by atoms with Crippen molar-refractivity contribution in [3.8, 4) is 6.07 Å². The lowest BCUT2D eigenvalue weighted by atomic mass is 10.1. The summed E-state index contributed by atoms with van der Waals surface area (Å²) in [5, 5.41) is 10.8. The van der Waals surface area contributed by atoms with Gasteiger partial charge in [0.25, 0.3) is 0 Å². The summed E-state index contributed by atoms with van der Waals surface area (Å²) < 4.78 is 5.10. The van der Waals surface area contributed by atoms with E-state index in [0.29, 0.717) is 10.6 Å². The van der Waals surface area contributed by atoms with Crippen molar-refractivity contribution in [1.29, 1.82) is 5.26 Å². The first-order chi connectivity index (χ1) is 10.4. The lowest BCUT2D eigenvalue weighted by Gasteiger charge is -2.10. The van der Waals surface area contributed by atoms with Gasteiger partial charge in [0.15, 0.2) is 0 Å². The minimum atomic E-state index is -0.300. The van der Waals surface area contributed by atoms with Gasteiger partial charge in [0.2, 0.25) is 0 Å². The summed E-state index contributed by atoms with van der Waals surface area (Å²) in [6.07, 6.45) is -0.140. The number of fused-ring (bicyclic) bond motifs is 1. The zero-order valence-electron chi connectivity index (χ0n) is 13.1. The van der Waals surface area contributed by atoms with Crippen LogP contribution in [0.5, 0.6) is 0 Å². The van der Waals surface area contributed by atoms with E-state index < -0.39 is 0 Å². The van der Waals surface area contributed by atoms with Crippen molar-refractivity contribution in [3.05, 3.63) is 34.9 Å². The minimum Gasteiger partial charge on any atom is -0.462 e. The number of carbonyl (C=O) groups excluding carboxylic acids is 1. The molecule has 1 aromatic carbocycles. The number of nitriles is 1. The molecule has 5 heteroatoms. The van der Waals surface area contributed by atoms with Crippen LogP contribution in [0.1, 0.15) is 30.5 Å². The topological polar surface area (TPSA) is 63.0 Å². The number of benzene rings is 1. The highest BCUT2D eigenvalue weighted by Gasteiger charge is 2.13. The average molecular weight is 314 g/mol. The number of hydrogen-bond acceptors (Lipinski definition) is 5. The van der Waals surface area contributed by atoms with Gasteiger partial charge in [-0.25, -0.2) is 4.98 Å². The molecular weight excluding hydrogens is 296 g/mol. The Hall–Kier alpha value is -2.06. The van der Waals surface area contributed by atoms with E-state index in [1.165, 1.54) is 11.8 Å². The van der Waals surface area contributed by atoms with E-state index in [0.717, 1.165) is 22.0 Å². The Kier molecular flexibility index (Phi) is 5.04. The summed E-state index contributed by atoms with van der Waals surface area (Å²) >= 11 is 1.24. The lowest BCUT2D eigenvalue weighted by Crippen LogP contribution is -2.13. The van der Waals surface area contributed by atoms with E-state index in [4.69, 9.17) is 4.74 Å². The van der Waals surface area contributed by atoms with Gasteiger partial charge >= 0.3 is 5.97 Å². The summed E-state index contributed by atoms with van der Waals surface area (Å²) in [6.45, 7) is 7.63. The highest BCUT2D eigenvalue weighted by atomic mass is 32.2. The Balaban J connectivity index is 2.33. The van der Waals surface area contributed by atoms with E-state index in [-0.39, 0.29) is 17.8 Å². The molecule has 0 bridgehead atoms. The van der Waals surface area contributed by atoms with Gasteiger partial charge in [0, 0.05) is 5.39 Å². The number of ether oxygens (including phenoxy) is 1. The number of hydrogen-bond donors (Lipinski definition) is 0. The van der Waals surface area contributed by atoms with Crippen LogP contribution in [-0.4, -0.2) is 22.8 Å². The highest BCUT2D eigenvalue weighted by molar-refractivity contribution is 7.99. The molecule has 114 valence electrons. The second kappa shape index (κ2) is 6.80. The maximum Gasteiger partial charge on any atom is 0.316 e. The molecule has 0 atom stereocenters. The van der Waals surface area contributed by atoms with Crippen LogP contribution < -0.4 is 0 Å². The van der Waals surface area contributed by atoms with Crippen LogP contribution in [0.2, 0.25) is 0 Å². The molecule has 0 saturated carbocycles. The van der Waals surface area contributed by atoms with Gasteiger partial charge in [-0.15, -0.1) is 0 Å². The largest absolute Gasteiger partial charge is 0.462 e. The molecule has 0 radical (unpaired) electrons. The number of rotatable bonds is 4.